The summed E-state index contributed by atoms with van der Waals surface area (Å²) < 4.78 is 5.17. The van der Waals surface area contributed by atoms with Gasteiger partial charge in [0.15, 0.2) is 5.58 Å². The highest BCUT2D eigenvalue weighted by Crippen LogP contribution is 2.30. The van der Waals surface area contributed by atoms with E-state index >= 15 is 0 Å². The predicted molar refractivity (Wildman–Crippen MR) is 66.1 cm³/mol. The molecule has 0 bridgehead atoms. The first-order valence-electron chi connectivity index (χ1n) is 5.08. The monoisotopic (exact) mass is 245 g/mol. The summed E-state index contributed by atoms with van der Waals surface area (Å²) in [5.41, 5.74) is 2.24. The highest BCUT2D eigenvalue weighted by molar-refractivity contribution is 6.30. The maximum Gasteiger partial charge on any atom is 0.171 e. The molecule has 3 rings (SSSR count). The first kappa shape index (κ1) is 10.2. The Morgan fingerprint density at radius 2 is 1.82 bits per heavy atom. The van der Waals surface area contributed by atoms with Gasteiger partial charge in [0.1, 0.15) is 11.4 Å². The molecule has 0 radical (unpaired) electrons. The van der Waals surface area contributed by atoms with Crippen LogP contribution < -0.4 is 0 Å². The second kappa shape index (κ2) is 3.79. The van der Waals surface area contributed by atoms with Crippen molar-refractivity contribution in [2.24, 2.45) is 0 Å². The van der Waals surface area contributed by atoms with Gasteiger partial charge >= 0.3 is 0 Å². The van der Waals surface area contributed by atoms with Gasteiger partial charge < -0.3 is 9.63 Å². The Labute approximate surface area is 102 Å². The van der Waals surface area contributed by atoms with Gasteiger partial charge in [0, 0.05) is 22.0 Å². The molecular formula is C13H8ClNO2. The minimum Gasteiger partial charge on any atom is -0.508 e. The standard InChI is InChI=1S/C13H8ClNO2/c14-9-3-1-8(2-4-9)13-11-6-5-10(16)7-12(11)17-15-13/h1-7,16H. The van der Waals surface area contributed by atoms with Crippen molar-refractivity contribution in [3.63, 3.8) is 0 Å². The van der Waals surface area contributed by atoms with E-state index < -0.39 is 0 Å². The molecule has 0 aliphatic heterocycles. The Bertz CT molecular complexity index is 673. The number of phenolic OH excluding ortho intramolecular Hbond substituents is 1. The van der Waals surface area contributed by atoms with E-state index in [1.807, 2.05) is 12.1 Å². The molecule has 1 heterocycles. The summed E-state index contributed by atoms with van der Waals surface area (Å²) in [7, 11) is 0. The van der Waals surface area contributed by atoms with Crippen LogP contribution in [0, 0.1) is 0 Å². The predicted octanol–water partition coefficient (Wildman–Crippen LogP) is 3.85. The first-order chi connectivity index (χ1) is 8.24. The minimum absolute atomic E-state index is 0.163. The molecule has 17 heavy (non-hydrogen) atoms. The topological polar surface area (TPSA) is 46.3 Å². The van der Waals surface area contributed by atoms with Gasteiger partial charge in [-0.15, -0.1) is 0 Å². The zero-order chi connectivity index (χ0) is 11.8. The van der Waals surface area contributed by atoms with Crippen LogP contribution in [0.5, 0.6) is 5.75 Å². The number of aromatic nitrogens is 1. The summed E-state index contributed by atoms with van der Waals surface area (Å²) >= 11 is 5.84. The van der Waals surface area contributed by atoms with Crippen molar-refractivity contribution in [1.29, 1.82) is 0 Å². The molecule has 1 N–H and O–H groups in total. The molecule has 1 aromatic heterocycles. The molecule has 0 atom stereocenters. The SMILES string of the molecule is Oc1ccc2c(-c3ccc(Cl)cc3)noc2c1. The Balaban J connectivity index is 2.21. The summed E-state index contributed by atoms with van der Waals surface area (Å²) in [5.74, 6) is 0.163. The summed E-state index contributed by atoms with van der Waals surface area (Å²) in [4.78, 5) is 0. The van der Waals surface area contributed by atoms with Gasteiger partial charge in [-0.2, -0.15) is 0 Å². The molecular weight excluding hydrogens is 238 g/mol. The Kier molecular flexibility index (Phi) is 2.27. The number of benzene rings is 2. The van der Waals surface area contributed by atoms with Gasteiger partial charge in [0.25, 0.3) is 0 Å². The third kappa shape index (κ3) is 1.74. The molecule has 84 valence electrons. The van der Waals surface area contributed by atoms with Crippen molar-refractivity contribution in [1.82, 2.24) is 5.16 Å². The minimum atomic E-state index is 0.163. The summed E-state index contributed by atoms with van der Waals surface area (Å²) in [6.07, 6.45) is 0. The molecule has 0 fully saturated rings. The lowest BCUT2D eigenvalue weighted by Gasteiger charge is -1.97. The van der Waals surface area contributed by atoms with E-state index in [-0.39, 0.29) is 5.75 Å². The molecule has 0 saturated heterocycles. The normalized spacial score (nSPS) is 10.9. The van der Waals surface area contributed by atoms with Crippen molar-refractivity contribution < 1.29 is 9.63 Å². The van der Waals surface area contributed by atoms with Crippen LogP contribution in [0.4, 0.5) is 0 Å². The quantitative estimate of drug-likeness (QED) is 0.708. The van der Waals surface area contributed by atoms with Crippen LogP contribution in [0.3, 0.4) is 0 Å². The molecule has 0 unspecified atom stereocenters. The third-order valence-corrected chi connectivity index (χ3v) is 2.83. The second-order valence-corrected chi connectivity index (χ2v) is 4.15. The third-order valence-electron chi connectivity index (χ3n) is 2.57. The first-order valence-corrected chi connectivity index (χ1v) is 5.46. The molecule has 3 aromatic rings. The Hall–Kier alpha value is -2.00. The molecule has 3 nitrogen and oxygen atoms in total. The number of hydrogen-bond donors (Lipinski definition) is 1. The summed E-state index contributed by atoms with van der Waals surface area (Å²) in [6, 6.07) is 12.3. The number of aromatic hydroxyl groups is 1. The fourth-order valence-corrected chi connectivity index (χ4v) is 1.87. The number of hydrogen-bond acceptors (Lipinski definition) is 3. The second-order valence-electron chi connectivity index (χ2n) is 3.72. The highest BCUT2D eigenvalue weighted by Gasteiger charge is 2.10. The number of phenols is 1. The van der Waals surface area contributed by atoms with Gasteiger partial charge in [0.2, 0.25) is 0 Å². The largest absolute Gasteiger partial charge is 0.508 e. The van der Waals surface area contributed by atoms with Gasteiger partial charge in [0.05, 0.1) is 0 Å². The zero-order valence-corrected chi connectivity index (χ0v) is 9.48. The van der Waals surface area contributed by atoms with Crippen LogP contribution in [0.1, 0.15) is 0 Å². The molecule has 0 aliphatic rings. The van der Waals surface area contributed by atoms with E-state index in [0.29, 0.717) is 10.6 Å². The van der Waals surface area contributed by atoms with Crippen molar-refractivity contribution in [2.45, 2.75) is 0 Å². The summed E-state index contributed by atoms with van der Waals surface area (Å²) in [6.45, 7) is 0. The van der Waals surface area contributed by atoms with Crippen LogP contribution in [0.2, 0.25) is 5.02 Å². The van der Waals surface area contributed by atoms with E-state index in [4.69, 9.17) is 16.1 Å². The van der Waals surface area contributed by atoms with Gasteiger partial charge in [-0.3, -0.25) is 0 Å². The fourth-order valence-electron chi connectivity index (χ4n) is 1.74. The van der Waals surface area contributed by atoms with E-state index in [0.717, 1.165) is 16.6 Å². The van der Waals surface area contributed by atoms with Crippen LogP contribution in [0.25, 0.3) is 22.2 Å². The molecule has 0 aliphatic carbocycles. The maximum absolute atomic E-state index is 9.34. The van der Waals surface area contributed by atoms with Crippen LogP contribution in [-0.2, 0) is 0 Å². The van der Waals surface area contributed by atoms with Crippen molar-refractivity contribution in [3.05, 3.63) is 47.5 Å². The molecule has 0 spiro atoms. The lowest BCUT2D eigenvalue weighted by Crippen LogP contribution is -1.77. The lowest BCUT2D eigenvalue weighted by atomic mass is 10.1. The smallest absolute Gasteiger partial charge is 0.171 e. The van der Waals surface area contributed by atoms with Crippen LogP contribution >= 0.6 is 11.6 Å². The molecule has 4 heteroatoms. The van der Waals surface area contributed by atoms with Gasteiger partial charge in [-0.05, 0) is 24.3 Å². The van der Waals surface area contributed by atoms with Crippen LogP contribution in [0.15, 0.2) is 47.0 Å². The zero-order valence-electron chi connectivity index (χ0n) is 8.72. The lowest BCUT2D eigenvalue weighted by molar-refractivity contribution is 0.451. The fraction of sp³-hybridized carbons (Fsp3) is 0. The molecule has 0 saturated carbocycles. The number of rotatable bonds is 1. The average molecular weight is 246 g/mol. The average Bonchev–Trinajstić information content (AvgIpc) is 2.73. The van der Waals surface area contributed by atoms with Crippen molar-refractivity contribution in [3.8, 4) is 17.0 Å². The molecule has 0 amide bonds. The van der Waals surface area contributed by atoms with Crippen molar-refractivity contribution >= 4 is 22.6 Å². The van der Waals surface area contributed by atoms with Crippen molar-refractivity contribution in [2.75, 3.05) is 0 Å². The van der Waals surface area contributed by atoms with E-state index in [1.165, 1.54) is 0 Å². The van der Waals surface area contributed by atoms with E-state index in [1.54, 1.807) is 30.3 Å². The molecule has 2 aromatic carbocycles. The van der Waals surface area contributed by atoms with E-state index in [9.17, 15) is 5.11 Å². The Morgan fingerprint density at radius 1 is 1.06 bits per heavy atom. The summed E-state index contributed by atoms with van der Waals surface area (Å²) in [5, 5.41) is 14.9. The van der Waals surface area contributed by atoms with Gasteiger partial charge in [-0.1, -0.05) is 28.9 Å². The number of fused-ring (bicyclic) bond motifs is 1. The number of nitrogens with zero attached hydrogens (tertiary/aromatic N) is 1. The Morgan fingerprint density at radius 3 is 2.59 bits per heavy atom. The van der Waals surface area contributed by atoms with Gasteiger partial charge in [-0.25, -0.2) is 0 Å². The van der Waals surface area contributed by atoms with E-state index in [2.05, 4.69) is 5.16 Å². The maximum atomic E-state index is 9.34. The highest BCUT2D eigenvalue weighted by atomic mass is 35.5. The van der Waals surface area contributed by atoms with Crippen LogP contribution in [-0.4, -0.2) is 10.3 Å². The number of halogens is 1.